The molecule has 2 aromatic carbocycles. The minimum Gasteiger partial charge on any atom is -0.480 e. The van der Waals surface area contributed by atoms with Crippen LogP contribution in [0, 0.1) is 5.41 Å². The maximum absolute atomic E-state index is 12.7. The van der Waals surface area contributed by atoms with Gasteiger partial charge < -0.3 is 15.2 Å². The van der Waals surface area contributed by atoms with Gasteiger partial charge in [-0.3, -0.25) is 14.8 Å². The van der Waals surface area contributed by atoms with Crippen LogP contribution >= 0.6 is 0 Å². The van der Waals surface area contributed by atoms with E-state index in [4.69, 9.17) is 4.74 Å². The maximum atomic E-state index is 12.7. The van der Waals surface area contributed by atoms with Crippen molar-refractivity contribution in [1.82, 2.24) is 15.1 Å². The molecule has 3 N–H and O–H groups in total. The first-order valence-electron chi connectivity index (χ1n) is 11.3. The number of ether oxygens (including phenoxy) is 1. The van der Waals surface area contributed by atoms with E-state index in [0.717, 1.165) is 22.3 Å². The molecular formula is C26H28N4O5. The van der Waals surface area contributed by atoms with Gasteiger partial charge in [-0.25, -0.2) is 9.59 Å². The average Bonchev–Trinajstić information content (AvgIpc) is 3.32. The van der Waals surface area contributed by atoms with Crippen LogP contribution in [-0.2, 0) is 16.6 Å². The summed E-state index contributed by atoms with van der Waals surface area (Å²) in [6, 6.07) is 16.4. The molecule has 9 heteroatoms. The number of fused-ring (bicyclic) bond motifs is 3. The molecule has 1 aliphatic rings. The first-order chi connectivity index (χ1) is 16.6. The molecule has 1 heterocycles. The molecule has 0 radical (unpaired) electrons. The smallest absolute Gasteiger partial charge is 0.412 e. The Morgan fingerprint density at radius 3 is 2.17 bits per heavy atom. The number of hydrogen-bond acceptors (Lipinski definition) is 5. The number of carbonyl (C=O) groups is 3. The number of aliphatic carboxylic acids is 1. The molecule has 4 rings (SSSR count). The van der Waals surface area contributed by atoms with Gasteiger partial charge in [-0.15, -0.1) is 0 Å². The summed E-state index contributed by atoms with van der Waals surface area (Å²) < 4.78 is 6.79. The molecule has 0 fully saturated rings. The summed E-state index contributed by atoms with van der Waals surface area (Å²) in [6.07, 6.45) is -0.699. The summed E-state index contributed by atoms with van der Waals surface area (Å²) in [4.78, 5) is 36.8. The second-order valence-electron chi connectivity index (χ2n) is 9.60. The first-order valence-corrected chi connectivity index (χ1v) is 11.3. The highest BCUT2D eigenvalue weighted by Gasteiger charge is 2.34. The highest BCUT2D eigenvalue weighted by atomic mass is 16.5. The molecule has 0 saturated heterocycles. The van der Waals surface area contributed by atoms with Crippen LogP contribution in [0.4, 0.5) is 10.6 Å². The van der Waals surface area contributed by atoms with Gasteiger partial charge in [0.2, 0.25) is 0 Å². The lowest BCUT2D eigenvalue weighted by molar-refractivity contribution is -0.142. The summed E-state index contributed by atoms with van der Waals surface area (Å²) >= 11 is 0. The Morgan fingerprint density at radius 2 is 1.63 bits per heavy atom. The van der Waals surface area contributed by atoms with Gasteiger partial charge in [-0.2, -0.15) is 5.10 Å². The van der Waals surface area contributed by atoms with E-state index in [9.17, 15) is 19.5 Å². The third-order valence-electron chi connectivity index (χ3n) is 6.07. The molecule has 0 saturated carbocycles. The van der Waals surface area contributed by atoms with Gasteiger partial charge in [0.25, 0.3) is 5.91 Å². The van der Waals surface area contributed by atoms with E-state index in [1.807, 2.05) is 36.4 Å². The monoisotopic (exact) mass is 476 g/mol. The zero-order chi connectivity index (χ0) is 25.3. The van der Waals surface area contributed by atoms with Crippen molar-refractivity contribution in [1.29, 1.82) is 0 Å². The van der Waals surface area contributed by atoms with Gasteiger partial charge in [0.05, 0.1) is 0 Å². The van der Waals surface area contributed by atoms with E-state index in [1.165, 1.54) is 17.8 Å². The minimum atomic E-state index is -1.13. The fraction of sp³-hybridized carbons (Fsp3) is 0.308. The maximum Gasteiger partial charge on any atom is 0.412 e. The number of hydrogen-bond donors (Lipinski definition) is 3. The van der Waals surface area contributed by atoms with Crippen molar-refractivity contribution in [3.63, 3.8) is 0 Å². The summed E-state index contributed by atoms with van der Waals surface area (Å²) in [5, 5.41) is 18.7. The summed E-state index contributed by atoms with van der Waals surface area (Å²) in [5.74, 6) is -1.70. The van der Waals surface area contributed by atoms with Crippen LogP contribution in [0.2, 0.25) is 0 Å². The van der Waals surface area contributed by atoms with Crippen molar-refractivity contribution in [2.75, 3.05) is 11.9 Å². The number of benzene rings is 2. The van der Waals surface area contributed by atoms with Crippen LogP contribution in [0.25, 0.3) is 11.1 Å². The molecular weight excluding hydrogens is 448 g/mol. The Hall–Kier alpha value is -4.14. The number of carboxylic acid groups (broad SMARTS) is 1. The molecule has 0 spiro atoms. The third kappa shape index (κ3) is 4.89. The largest absolute Gasteiger partial charge is 0.480 e. The zero-order valence-electron chi connectivity index (χ0n) is 20.0. The van der Waals surface area contributed by atoms with Gasteiger partial charge in [-0.1, -0.05) is 69.3 Å². The van der Waals surface area contributed by atoms with Crippen molar-refractivity contribution in [3.8, 4) is 11.1 Å². The zero-order valence-corrected chi connectivity index (χ0v) is 20.0. The Bertz CT molecular complexity index is 1250. The number of nitrogens with zero attached hydrogens (tertiary/aromatic N) is 2. The summed E-state index contributed by atoms with van der Waals surface area (Å²) in [6.45, 7) is 5.31. The van der Waals surface area contributed by atoms with Crippen LogP contribution in [0.1, 0.15) is 48.3 Å². The van der Waals surface area contributed by atoms with Gasteiger partial charge in [-0.05, 0) is 27.7 Å². The molecule has 1 aliphatic carbocycles. The van der Waals surface area contributed by atoms with Crippen LogP contribution in [0.5, 0.6) is 0 Å². The lowest BCUT2D eigenvalue weighted by atomic mass is 9.86. The fourth-order valence-electron chi connectivity index (χ4n) is 4.33. The standard InChI is InChI=1S/C26H28N4O5/c1-26(2,3)22(24(32)33)28-23(31)20-13-21(29-30(20)4)27-25(34)35-14-19-17-11-7-5-9-15(17)16-10-6-8-12-18(16)19/h5-13,19,22H,14H2,1-4H3,(H,28,31)(H,32,33)(H,27,29,34)/t22-/m0/s1. The Kier molecular flexibility index (Phi) is 6.34. The Labute approximate surface area is 203 Å². The summed E-state index contributed by atoms with van der Waals surface area (Å²) in [7, 11) is 1.53. The van der Waals surface area contributed by atoms with Crippen molar-refractivity contribution in [2.45, 2.75) is 32.7 Å². The Balaban J connectivity index is 1.42. The lowest BCUT2D eigenvalue weighted by Crippen LogP contribution is -2.49. The molecule has 2 amide bonds. The number of nitrogens with one attached hydrogen (secondary N) is 2. The van der Waals surface area contributed by atoms with E-state index >= 15 is 0 Å². The molecule has 3 aromatic rings. The Morgan fingerprint density at radius 1 is 1.06 bits per heavy atom. The van der Waals surface area contributed by atoms with Gasteiger partial charge in [0.15, 0.2) is 5.82 Å². The predicted molar refractivity (Wildman–Crippen MR) is 130 cm³/mol. The number of aromatic nitrogens is 2. The number of aryl methyl sites for hydroxylation is 1. The highest BCUT2D eigenvalue weighted by Crippen LogP contribution is 2.44. The van der Waals surface area contributed by atoms with Crippen molar-refractivity contribution in [2.24, 2.45) is 12.5 Å². The summed E-state index contributed by atoms with van der Waals surface area (Å²) in [5.41, 5.74) is 3.88. The van der Waals surface area contributed by atoms with Gasteiger partial charge in [0.1, 0.15) is 18.3 Å². The third-order valence-corrected chi connectivity index (χ3v) is 6.07. The molecule has 0 aliphatic heterocycles. The lowest BCUT2D eigenvalue weighted by Gasteiger charge is -2.27. The molecule has 9 nitrogen and oxygen atoms in total. The van der Waals surface area contributed by atoms with E-state index in [2.05, 4.69) is 27.9 Å². The van der Waals surface area contributed by atoms with Gasteiger partial charge >= 0.3 is 12.1 Å². The topological polar surface area (TPSA) is 123 Å². The van der Waals surface area contributed by atoms with Crippen LogP contribution in [-0.4, -0.2) is 45.5 Å². The number of carboxylic acids is 1. The SMILES string of the molecule is Cn1nc(NC(=O)OCC2c3ccccc3-c3ccccc32)cc1C(=O)N[C@@H](C(=O)O)C(C)(C)C. The molecule has 1 atom stereocenters. The molecule has 35 heavy (non-hydrogen) atoms. The van der Waals surface area contributed by atoms with Gasteiger partial charge in [0, 0.05) is 19.0 Å². The number of anilines is 1. The molecule has 0 bridgehead atoms. The predicted octanol–water partition coefficient (Wildman–Crippen LogP) is 4.01. The number of carbonyl (C=O) groups excluding carboxylic acids is 2. The second kappa shape index (κ2) is 9.25. The van der Waals surface area contributed by atoms with Crippen LogP contribution < -0.4 is 10.6 Å². The fourth-order valence-corrected chi connectivity index (χ4v) is 4.33. The van der Waals surface area contributed by atoms with Crippen molar-refractivity contribution < 1.29 is 24.2 Å². The van der Waals surface area contributed by atoms with Crippen molar-refractivity contribution >= 4 is 23.8 Å². The quantitative estimate of drug-likeness (QED) is 0.494. The minimum absolute atomic E-state index is 0.0800. The molecule has 182 valence electrons. The number of amides is 2. The van der Waals surface area contributed by atoms with E-state index in [-0.39, 0.29) is 24.0 Å². The second-order valence-corrected chi connectivity index (χ2v) is 9.60. The average molecular weight is 477 g/mol. The molecule has 0 unspecified atom stereocenters. The van der Waals surface area contributed by atoms with Crippen molar-refractivity contribution in [3.05, 3.63) is 71.4 Å². The van der Waals surface area contributed by atoms with Crippen LogP contribution in [0.15, 0.2) is 54.6 Å². The first kappa shape index (κ1) is 24.0. The van der Waals surface area contributed by atoms with E-state index in [1.54, 1.807) is 20.8 Å². The molecule has 1 aromatic heterocycles. The van der Waals surface area contributed by atoms with E-state index in [0.29, 0.717) is 0 Å². The highest BCUT2D eigenvalue weighted by molar-refractivity contribution is 5.96. The normalized spacial score (nSPS) is 13.5. The van der Waals surface area contributed by atoms with Crippen LogP contribution in [0.3, 0.4) is 0 Å². The van der Waals surface area contributed by atoms with E-state index < -0.39 is 29.4 Å². The number of rotatable bonds is 6.